The van der Waals surface area contributed by atoms with Crippen LogP contribution in [0, 0.1) is 12.7 Å². The van der Waals surface area contributed by atoms with Gasteiger partial charge in [0.1, 0.15) is 11.4 Å². The van der Waals surface area contributed by atoms with E-state index in [0.717, 1.165) is 0 Å². The number of carbonyl (C=O) groups excluding carboxylic acids is 2. The first-order valence-corrected chi connectivity index (χ1v) is 8.90. The number of ether oxygens (including phenoxy) is 1. The predicted molar refractivity (Wildman–Crippen MR) is 103 cm³/mol. The third kappa shape index (κ3) is 4.53. The third-order valence-corrected chi connectivity index (χ3v) is 3.98. The molecule has 150 valence electrons. The summed E-state index contributed by atoms with van der Waals surface area (Å²) in [6.07, 6.45) is 1.46. The molecule has 0 saturated heterocycles. The summed E-state index contributed by atoms with van der Waals surface area (Å²) >= 11 is 0. The molecule has 0 unspecified atom stereocenters. The molecule has 0 aliphatic rings. The van der Waals surface area contributed by atoms with Crippen LogP contribution in [0.3, 0.4) is 0 Å². The lowest BCUT2D eigenvalue weighted by Gasteiger charge is -2.17. The Morgan fingerprint density at radius 1 is 1.14 bits per heavy atom. The van der Waals surface area contributed by atoms with Crippen molar-refractivity contribution in [1.29, 1.82) is 0 Å². The average molecular weight is 397 g/mol. The molecular formula is C21H20FN3O4. The number of Topliss-reactive ketones (excluding diaryl/α,β-unsaturated/α-hetero) is 1. The number of hydrogen-bond acceptors (Lipinski definition) is 7. The smallest absolute Gasteiger partial charge is 0.377 e. The number of rotatable bonds is 4. The van der Waals surface area contributed by atoms with Crippen molar-refractivity contribution in [2.24, 2.45) is 0 Å². The van der Waals surface area contributed by atoms with Crippen molar-refractivity contribution in [2.45, 2.75) is 40.2 Å². The van der Waals surface area contributed by atoms with Gasteiger partial charge in [-0.1, -0.05) is 17.3 Å². The molecular weight excluding hydrogens is 377 g/mol. The summed E-state index contributed by atoms with van der Waals surface area (Å²) in [5.41, 5.74) is 1.16. The summed E-state index contributed by atoms with van der Waals surface area (Å²) in [6, 6.07) is 5.66. The molecule has 7 nitrogen and oxygen atoms in total. The highest BCUT2D eigenvalue weighted by Crippen LogP contribution is 2.27. The van der Waals surface area contributed by atoms with Gasteiger partial charge in [0.25, 0.3) is 0 Å². The molecule has 3 aromatic rings. The lowest BCUT2D eigenvalue weighted by molar-refractivity contribution is 0.00276. The second kappa shape index (κ2) is 7.54. The summed E-state index contributed by atoms with van der Waals surface area (Å²) < 4.78 is 24.7. The highest BCUT2D eigenvalue weighted by Gasteiger charge is 2.23. The predicted octanol–water partition coefficient (Wildman–Crippen LogP) is 4.40. The van der Waals surface area contributed by atoms with E-state index in [2.05, 4.69) is 15.1 Å². The second-order valence-electron chi connectivity index (χ2n) is 7.52. The molecule has 0 spiro atoms. The fraction of sp³-hybridized carbons (Fsp3) is 0.286. The molecule has 0 saturated carbocycles. The largest absolute Gasteiger partial charge is 0.454 e. The van der Waals surface area contributed by atoms with Crippen LogP contribution < -0.4 is 0 Å². The average Bonchev–Trinajstić information content (AvgIpc) is 3.11. The molecule has 1 aromatic carbocycles. The van der Waals surface area contributed by atoms with E-state index < -0.39 is 17.4 Å². The third-order valence-electron chi connectivity index (χ3n) is 3.98. The van der Waals surface area contributed by atoms with Gasteiger partial charge in [0.2, 0.25) is 5.76 Å². The van der Waals surface area contributed by atoms with E-state index >= 15 is 0 Å². The summed E-state index contributed by atoms with van der Waals surface area (Å²) in [4.78, 5) is 32.0. The van der Waals surface area contributed by atoms with Gasteiger partial charge in [-0.25, -0.2) is 19.2 Å². The second-order valence-corrected chi connectivity index (χ2v) is 7.52. The van der Waals surface area contributed by atoms with Crippen LogP contribution in [-0.2, 0) is 4.74 Å². The number of carbonyl (C=O) groups is 2. The van der Waals surface area contributed by atoms with E-state index in [-0.39, 0.29) is 28.6 Å². The van der Waals surface area contributed by atoms with Crippen molar-refractivity contribution in [3.63, 3.8) is 0 Å². The van der Waals surface area contributed by atoms with Gasteiger partial charge in [0.15, 0.2) is 17.3 Å². The summed E-state index contributed by atoms with van der Waals surface area (Å²) in [5.74, 6) is -1.23. The SMILES string of the molecule is CC(=O)c1ccc(-c2cnc(-c3cc(C(=O)OC(C)(C)C)on3)nc2C)c(F)c1. The number of aryl methyl sites for hydroxylation is 1. The lowest BCUT2D eigenvalue weighted by atomic mass is 10.0. The fourth-order valence-corrected chi connectivity index (χ4v) is 2.61. The molecule has 3 rings (SSSR count). The zero-order chi connectivity index (χ0) is 21.3. The van der Waals surface area contributed by atoms with Gasteiger partial charge >= 0.3 is 5.97 Å². The highest BCUT2D eigenvalue weighted by atomic mass is 19.1. The number of hydrogen-bond donors (Lipinski definition) is 0. The number of benzene rings is 1. The van der Waals surface area contributed by atoms with Crippen molar-refractivity contribution in [3.8, 4) is 22.6 Å². The monoisotopic (exact) mass is 397 g/mol. The van der Waals surface area contributed by atoms with Crippen molar-refractivity contribution in [3.05, 3.63) is 53.3 Å². The van der Waals surface area contributed by atoms with Crippen LogP contribution in [0.2, 0.25) is 0 Å². The van der Waals surface area contributed by atoms with Gasteiger partial charge in [-0.05, 0) is 40.7 Å². The van der Waals surface area contributed by atoms with E-state index in [0.29, 0.717) is 16.8 Å². The zero-order valence-electron chi connectivity index (χ0n) is 16.7. The maximum absolute atomic E-state index is 14.4. The van der Waals surface area contributed by atoms with Crippen molar-refractivity contribution in [2.75, 3.05) is 0 Å². The number of esters is 1. The molecule has 0 aliphatic heterocycles. The van der Waals surface area contributed by atoms with Gasteiger partial charge in [-0.2, -0.15) is 0 Å². The molecule has 0 bridgehead atoms. The van der Waals surface area contributed by atoms with Gasteiger partial charge < -0.3 is 9.26 Å². The van der Waals surface area contributed by atoms with Gasteiger partial charge in [0.05, 0.1) is 0 Å². The standard InChI is InChI=1S/C21H20FN3O4/c1-11-15(14-7-6-13(12(2)26)8-16(14)22)10-23-19(24-11)17-9-18(29-25-17)20(27)28-21(3,4)5/h6-10H,1-5H3. The summed E-state index contributed by atoms with van der Waals surface area (Å²) in [6.45, 7) is 8.31. The fourth-order valence-electron chi connectivity index (χ4n) is 2.61. The number of ketones is 1. The van der Waals surface area contributed by atoms with Crippen LogP contribution in [0.25, 0.3) is 22.6 Å². The van der Waals surface area contributed by atoms with E-state index in [9.17, 15) is 14.0 Å². The van der Waals surface area contributed by atoms with E-state index in [1.165, 1.54) is 31.3 Å². The molecule has 0 atom stereocenters. The van der Waals surface area contributed by atoms with Crippen LogP contribution in [0.1, 0.15) is 54.3 Å². The Kier molecular flexibility index (Phi) is 5.28. The molecule has 8 heteroatoms. The first kappa shape index (κ1) is 20.3. The van der Waals surface area contributed by atoms with Crippen LogP contribution in [0.5, 0.6) is 0 Å². The summed E-state index contributed by atoms with van der Waals surface area (Å²) in [5, 5.41) is 3.82. The van der Waals surface area contributed by atoms with E-state index in [1.54, 1.807) is 33.8 Å². The molecule has 0 N–H and O–H groups in total. The van der Waals surface area contributed by atoms with Crippen LogP contribution >= 0.6 is 0 Å². The minimum atomic E-state index is -0.666. The quantitative estimate of drug-likeness (QED) is 0.475. The lowest BCUT2D eigenvalue weighted by Crippen LogP contribution is -2.23. The number of nitrogens with zero attached hydrogens (tertiary/aromatic N) is 3. The number of halogens is 1. The molecule has 0 amide bonds. The van der Waals surface area contributed by atoms with E-state index in [4.69, 9.17) is 9.26 Å². The Balaban J connectivity index is 1.89. The van der Waals surface area contributed by atoms with E-state index in [1.807, 2.05) is 0 Å². The Hall–Kier alpha value is -3.42. The molecule has 2 heterocycles. The highest BCUT2D eigenvalue weighted by molar-refractivity contribution is 5.94. The maximum Gasteiger partial charge on any atom is 0.377 e. The number of aromatic nitrogens is 3. The first-order valence-electron chi connectivity index (χ1n) is 8.90. The molecule has 0 fully saturated rings. The Bertz CT molecular complexity index is 1100. The molecule has 0 radical (unpaired) electrons. The maximum atomic E-state index is 14.4. The van der Waals surface area contributed by atoms with Gasteiger partial charge in [-0.15, -0.1) is 0 Å². The minimum Gasteiger partial charge on any atom is -0.454 e. The first-order chi connectivity index (χ1) is 13.5. The van der Waals surface area contributed by atoms with Gasteiger partial charge in [-0.3, -0.25) is 4.79 Å². The van der Waals surface area contributed by atoms with Crippen molar-refractivity contribution >= 4 is 11.8 Å². The van der Waals surface area contributed by atoms with Crippen molar-refractivity contribution < 1.29 is 23.2 Å². The Morgan fingerprint density at radius 3 is 2.45 bits per heavy atom. The molecule has 2 aromatic heterocycles. The molecule has 0 aliphatic carbocycles. The Morgan fingerprint density at radius 2 is 1.86 bits per heavy atom. The van der Waals surface area contributed by atoms with Crippen LogP contribution in [0.4, 0.5) is 4.39 Å². The zero-order valence-corrected chi connectivity index (χ0v) is 16.7. The minimum absolute atomic E-state index is 0.0638. The normalized spacial score (nSPS) is 11.4. The van der Waals surface area contributed by atoms with Crippen LogP contribution in [0.15, 0.2) is 35.0 Å². The van der Waals surface area contributed by atoms with Gasteiger partial charge in [0, 0.05) is 34.6 Å². The molecule has 29 heavy (non-hydrogen) atoms. The van der Waals surface area contributed by atoms with Crippen molar-refractivity contribution in [1.82, 2.24) is 15.1 Å². The topological polar surface area (TPSA) is 95.2 Å². The summed E-state index contributed by atoms with van der Waals surface area (Å²) in [7, 11) is 0. The van der Waals surface area contributed by atoms with Crippen LogP contribution in [-0.4, -0.2) is 32.5 Å². The Labute approximate surface area is 166 Å².